The van der Waals surface area contributed by atoms with Crippen LogP contribution in [-0.4, -0.2) is 15.2 Å². The fraction of sp³-hybridized carbons (Fsp3) is 0.0667. The van der Waals surface area contributed by atoms with Crippen molar-refractivity contribution in [3.05, 3.63) is 53.1 Å². The van der Waals surface area contributed by atoms with E-state index in [0.29, 0.717) is 17.3 Å². The molecule has 3 rings (SSSR count). The number of aryl methyl sites for hydroxylation is 1. The summed E-state index contributed by atoms with van der Waals surface area (Å²) in [5, 5.41) is 13.6. The van der Waals surface area contributed by atoms with Gasteiger partial charge in [-0.3, -0.25) is 0 Å². The van der Waals surface area contributed by atoms with Crippen molar-refractivity contribution in [1.82, 2.24) is 10.1 Å². The average molecular weight is 287 g/mol. The third kappa shape index (κ3) is 2.26. The SMILES string of the molecule is Cc1ccccc1-c1noc(-c2ccc(O)c(Cl)c2)n1. The zero-order valence-electron chi connectivity index (χ0n) is 10.7. The van der Waals surface area contributed by atoms with Crippen molar-refractivity contribution in [3.8, 4) is 28.6 Å². The van der Waals surface area contributed by atoms with Crippen LogP contribution in [0.4, 0.5) is 0 Å². The Bertz CT molecular complexity index is 768. The maximum Gasteiger partial charge on any atom is 0.258 e. The number of phenolic OH excluding ortho intramolecular Hbond substituents is 1. The molecule has 0 aliphatic rings. The molecule has 0 saturated carbocycles. The Morgan fingerprint density at radius 2 is 1.95 bits per heavy atom. The van der Waals surface area contributed by atoms with Crippen LogP contribution in [0.1, 0.15) is 5.56 Å². The highest BCUT2D eigenvalue weighted by molar-refractivity contribution is 6.32. The minimum Gasteiger partial charge on any atom is -0.506 e. The molecule has 2 aromatic carbocycles. The zero-order chi connectivity index (χ0) is 14.1. The van der Waals surface area contributed by atoms with E-state index in [-0.39, 0.29) is 10.8 Å². The molecule has 1 heterocycles. The fourth-order valence-corrected chi connectivity index (χ4v) is 2.09. The van der Waals surface area contributed by atoms with Gasteiger partial charge >= 0.3 is 0 Å². The monoisotopic (exact) mass is 286 g/mol. The number of nitrogens with zero attached hydrogens (tertiary/aromatic N) is 2. The van der Waals surface area contributed by atoms with Crippen molar-refractivity contribution in [1.29, 1.82) is 0 Å². The van der Waals surface area contributed by atoms with E-state index in [2.05, 4.69) is 10.1 Å². The van der Waals surface area contributed by atoms with Gasteiger partial charge in [0.05, 0.1) is 5.02 Å². The molecule has 5 heteroatoms. The molecular formula is C15H11ClN2O2. The highest BCUT2D eigenvalue weighted by Crippen LogP contribution is 2.30. The van der Waals surface area contributed by atoms with E-state index in [1.807, 2.05) is 31.2 Å². The first kappa shape index (κ1) is 12.7. The molecule has 3 aromatic rings. The Kier molecular flexibility index (Phi) is 3.16. The quantitative estimate of drug-likeness (QED) is 0.771. The lowest BCUT2D eigenvalue weighted by Gasteiger charge is -1.99. The summed E-state index contributed by atoms with van der Waals surface area (Å²) in [5.41, 5.74) is 2.66. The largest absolute Gasteiger partial charge is 0.506 e. The van der Waals surface area contributed by atoms with Crippen LogP contribution in [0.2, 0.25) is 5.02 Å². The van der Waals surface area contributed by atoms with E-state index >= 15 is 0 Å². The van der Waals surface area contributed by atoms with Gasteiger partial charge in [-0.15, -0.1) is 0 Å². The van der Waals surface area contributed by atoms with Gasteiger partial charge in [0.2, 0.25) is 5.82 Å². The molecule has 0 atom stereocenters. The molecule has 20 heavy (non-hydrogen) atoms. The molecular weight excluding hydrogens is 276 g/mol. The van der Waals surface area contributed by atoms with Crippen LogP contribution in [0.15, 0.2) is 47.0 Å². The highest BCUT2D eigenvalue weighted by atomic mass is 35.5. The maximum absolute atomic E-state index is 9.41. The van der Waals surface area contributed by atoms with E-state index in [1.165, 1.54) is 6.07 Å². The standard InChI is InChI=1S/C15H11ClN2O2/c1-9-4-2-3-5-11(9)14-17-15(20-18-14)10-6-7-13(19)12(16)8-10/h2-8,19H,1H3. The van der Waals surface area contributed by atoms with Crippen LogP contribution >= 0.6 is 11.6 Å². The van der Waals surface area contributed by atoms with Gasteiger partial charge in [-0.1, -0.05) is 41.0 Å². The van der Waals surface area contributed by atoms with Crippen molar-refractivity contribution in [2.75, 3.05) is 0 Å². The van der Waals surface area contributed by atoms with E-state index in [1.54, 1.807) is 12.1 Å². The summed E-state index contributed by atoms with van der Waals surface area (Å²) in [5.74, 6) is 0.918. The number of hydrogen-bond acceptors (Lipinski definition) is 4. The normalized spacial score (nSPS) is 10.7. The van der Waals surface area contributed by atoms with E-state index in [4.69, 9.17) is 16.1 Å². The summed E-state index contributed by atoms with van der Waals surface area (Å²) in [7, 11) is 0. The van der Waals surface area contributed by atoms with Gasteiger partial charge in [0.1, 0.15) is 5.75 Å². The maximum atomic E-state index is 9.41. The Hall–Kier alpha value is -2.33. The molecule has 0 spiro atoms. The minimum absolute atomic E-state index is 0.0223. The minimum atomic E-state index is 0.0223. The van der Waals surface area contributed by atoms with Gasteiger partial charge in [0.25, 0.3) is 5.89 Å². The topological polar surface area (TPSA) is 59.2 Å². The summed E-state index contributed by atoms with van der Waals surface area (Å²) in [6.07, 6.45) is 0. The second-order valence-electron chi connectivity index (χ2n) is 4.40. The van der Waals surface area contributed by atoms with E-state index < -0.39 is 0 Å². The van der Waals surface area contributed by atoms with Gasteiger partial charge in [0, 0.05) is 11.1 Å². The van der Waals surface area contributed by atoms with Crippen LogP contribution in [0.5, 0.6) is 5.75 Å². The number of benzene rings is 2. The molecule has 0 bridgehead atoms. The number of rotatable bonds is 2. The number of hydrogen-bond donors (Lipinski definition) is 1. The molecule has 0 radical (unpaired) electrons. The second-order valence-corrected chi connectivity index (χ2v) is 4.81. The summed E-state index contributed by atoms with van der Waals surface area (Å²) in [4.78, 5) is 4.36. The number of aromatic nitrogens is 2. The first-order valence-electron chi connectivity index (χ1n) is 6.04. The molecule has 0 aliphatic carbocycles. The second kappa shape index (κ2) is 4.98. The van der Waals surface area contributed by atoms with E-state index in [0.717, 1.165) is 11.1 Å². The first-order valence-corrected chi connectivity index (χ1v) is 6.41. The Morgan fingerprint density at radius 3 is 2.70 bits per heavy atom. The Morgan fingerprint density at radius 1 is 1.15 bits per heavy atom. The van der Waals surface area contributed by atoms with Crippen molar-refractivity contribution in [2.45, 2.75) is 6.92 Å². The molecule has 100 valence electrons. The van der Waals surface area contributed by atoms with Crippen molar-refractivity contribution in [2.24, 2.45) is 0 Å². The third-order valence-electron chi connectivity index (χ3n) is 3.01. The number of halogens is 1. The lowest BCUT2D eigenvalue weighted by atomic mass is 10.1. The predicted molar refractivity (Wildman–Crippen MR) is 76.6 cm³/mol. The van der Waals surface area contributed by atoms with Crippen molar-refractivity contribution >= 4 is 11.6 Å². The number of phenols is 1. The van der Waals surface area contributed by atoms with Crippen LogP contribution < -0.4 is 0 Å². The summed E-state index contributed by atoms with van der Waals surface area (Å²) in [6, 6.07) is 12.6. The molecule has 0 fully saturated rings. The molecule has 4 nitrogen and oxygen atoms in total. The van der Waals surface area contributed by atoms with Crippen LogP contribution in [0, 0.1) is 6.92 Å². The highest BCUT2D eigenvalue weighted by Gasteiger charge is 2.13. The first-order chi connectivity index (χ1) is 9.65. The third-order valence-corrected chi connectivity index (χ3v) is 3.31. The Balaban J connectivity index is 2.02. The van der Waals surface area contributed by atoms with Gasteiger partial charge in [0.15, 0.2) is 0 Å². The summed E-state index contributed by atoms with van der Waals surface area (Å²) >= 11 is 5.87. The zero-order valence-corrected chi connectivity index (χ0v) is 11.4. The van der Waals surface area contributed by atoms with Gasteiger partial charge < -0.3 is 9.63 Å². The molecule has 0 aliphatic heterocycles. The van der Waals surface area contributed by atoms with Crippen LogP contribution in [0.25, 0.3) is 22.8 Å². The van der Waals surface area contributed by atoms with E-state index in [9.17, 15) is 5.11 Å². The molecule has 0 saturated heterocycles. The van der Waals surface area contributed by atoms with Gasteiger partial charge in [-0.25, -0.2) is 0 Å². The lowest BCUT2D eigenvalue weighted by Crippen LogP contribution is -1.85. The van der Waals surface area contributed by atoms with Gasteiger partial charge in [-0.2, -0.15) is 4.98 Å². The van der Waals surface area contributed by atoms with Crippen molar-refractivity contribution in [3.63, 3.8) is 0 Å². The summed E-state index contributed by atoms with van der Waals surface area (Å²) < 4.78 is 5.25. The van der Waals surface area contributed by atoms with Gasteiger partial charge in [-0.05, 0) is 30.7 Å². The fourth-order valence-electron chi connectivity index (χ4n) is 1.91. The lowest BCUT2D eigenvalue weighted by molar-refractivity contribution is 0.432. The molecule has 1 N–H and O–H groups in total. The summed E-state index contributed by atoms with van der Waals surface area (Å²) in [6.45, 7) is 1.99. The van der Waals surface area contributed by atoms with Crippen LogP contribution in [0.3, 0.4) is 0 Å². The predicted octanol–water partition coefficient (Wildman–Crippen LogP) is 4.07. The Labute approximate surface area is 120 Å². The molecule has 0 unspecified atom stereocenters. The average Bonchev–Trinajstić information content (AvgIpc) is 2.92. The van der Waals surface area contributed by atoms with Crippen LogP contribution in [-0.2, 0) is 0 Å². The number of aromatic hydroxyl groups is 1. The smallest absolute Gasteiger partial charge is 0.258 e. The molecule has 0 amide bonds. The van der Waals surface area contributed by atoms with Crippen molar-refractivity contribution < 1.29 is 9.63 Å². The molecule has 1 aromatic heterocycles.